The highest BCUT2D eigenvalue weighted by Crippen LogP contribution is 2.28. The number of aromatic nitrogens is 1. The number of fused-ring (bicyclic) bond motifs is 3. The molecule has 0 saturated heterocycles. The second kappa shape index (κ2) is 2.86. The second-order valence-electron chi connectivity index (χ2n) is 4.08. The molecule has 0 aliphatic carbocycles. The molecule has 3 rings (SSSR count). The van der Waals surface area contributed by atoms with E-state index < -0.39 is 0 Å². The van der Waals surface area contributed by atoms with E-state index in [1.165, 1.54) is 32.9 Å². The molecule has 0 saturated carbocycles. The number of aromatic amines is 1. The first kappa shape index (κ1) is 8.54. The van der Waals surface area contributed by atoms with E-state index in [9.17, 15) is 0 Å². The smallest absolute Gasteiger partial charge is 0.0538 e. The lowest BCUT2D eigenvalue weighted by molar-refractivity contribution is 1.26. The van der Waals surface area contributed by atoms with Gasteiger partial charge in [0.15, 0.2) is 0 Å². The molecule has 1 nitrogen and oxygen atoms in total. The van der Waals surface area contributed by atoms with Crippen LogP contribution in [0, 0.1) is 13.8 Å². The van der Waals surface area contributed by atoms with Crippen LogP contribution in [0.2, 0.25) is 0 Å². The summed E-state index contributed by atoms with van der Waals surface area (Å²) in [7, 11) is 0. The van der Waals surface area contributed by atoms with Gasteiger partial charge in [-0.1, -0.05) is 36.4 Å². The van der Waals surface area contributed by atoms with Gasteiger partial charge in [0.05, 0.1) is 5.52 Å². The molecule has 0 aliphatic rings. The van der Waals surface area contributed by atoms with E-state index in [0.29, 0.717) is 0 Å². The number of hydrogen-bond donors (Lipinski definition) is 1. The van der Waals surface area contributed by atoms with Crippen molar-refractivity contribution in [3.8, 4) is 0 Å². The Balaban J connectivity index is 2.60. The van der Waals surface area contributed by atoms with Gasteiger partial charge in [0, 0.05) is 16.5 Å². The van der Waals surface area contributed by atoms with Crippen LogP contribution in [0.4, 0.5) is 0 Å². The Bertz CT molecular complexity index is 647. The molecule has 0 aliphatic heterocycles. The minimum Gasteiger partial charge on any atom is -0.358 e. The zero-order valence-electron chi connectivity index (χ0n) is 8.96. The normalized spacial score (nSPS) is 11.3. The Morgan fingerprint density at radius 1 is 0.867 bits per heavy atom. The van der Waals surface area contributed by atoms with Gasteiger partial charge in [-0.2, -0.15) is 0 Å². The number of aryl methyl sites for hydroxylation is 2. The van der Waals surface area contributed by atoms with Gasteiger partial charge in [-0.05, 0) is 24.8 Å². The molecule has 0 radical (unpaired) electrons. The van der Waals surface area contributed by atoms with Crippen molar-refractivity contribution < 1.29 is 0 Å². The third-order valence-corrected chi connectivity index (χ3v) is 3.21. The number of benzene rings is 2. The van der Waals surface area contributed by atoms with Gasteiger partial charge in [0.25, 0.3) is 0 Å². The summed E-state index contributed by atoms with van der Waals surface area (Å²) >= 11 is 0. The molecule has 1 heteroatoms. The number of H-pyrrole nitrogens is 1. The maximum Gasteiger partial charge on any atom is 0.0538 e. The third kappa shape index (κ3) is 1.09. The highest BCUT2D eigenvalue weighted by atomic mass is 14.7. The Kier molecular flexibility index (Phi) is 1.63. The summed E-state index contributed by atoms with van der Waals surface area (Å²) in [6, 6.07) is 12.9. The van der Waals surface area contributed by atoms with Crippen LogP contribution in [-0.4, -0.2) is 4.98 Å². The average molecular weight is 195 g/mol. The number of nitrogens with one attached hydrogen (secondary N) is 1. The summed E-state index contributed by atoms with van der Waals surface area (Å²) in [4.78, 5) is 3.47. The van der Waals surface area contributed by atoms with E-state index in [4.69, 9.17) is 0 Å². The van der Waals surface area contributed by atoms with Gasteiger partial charge in [-0.3, -0.25) is 0 Å². The fourth-order valence-electron chi connectivity index (χ4n) is 2.20. The van der Waals surface area contributed by atoms with Gasteiger partial charge >= 0.3 is 0 Å². The highest BCUT2D eigenvalue weighted by molar-refractivity contribution is 6.06. The molecule has 15 heavy (non-hydrogen) atoms. The maximum absolute atomic E-state index is 3.47. The molecule has 1 N–H and O–H groups in total. The Labute approximate surface area is 88.7 Å². The molecule has 1 aromatic heterocycles. The lowest BCUT2D eigenvalue weighted by atomic mass is 10.1. The maximum atomic E-state index is 3.47. The van der Waals surface area contributed by atoms with Crippen LogP contribution >= 0.6 is 0 Å². The van der Waals surface area contributed by atoms with Crippen molar-refractivity contribution in [1.29, 1.82) is 0 Å². The van der Waals surface area contributed by atoms with E-state index in [2.05, 4.69) is 55.2 Å². The highest BCUT2D eigenvalue weighted by Gasteiger charge is 2.06. The molecule has 0 amide bonds. The van der Waals surface area contributed by atoms with Crippen LogP contribution in [-0.2, 0) is 0 Å². The van der Waals surface area contributed by atoms with Crippen molar-refractivity contribution in [2.45, 2.75) is 13.8 Å². The van der Waals surface area contributed by atoms with Crippen LogP contribution < -0.4 is 0 Å². The Hall–Kier alpha value is -1.76. The molecule has 2 aromatic carbocycles. The summed E-state index contributed by atoms with van der Waals surface area (Å²) in [5.74, 6) is 0. The van der Waals surface area contributed by atoms with Gasteiger partial charge < -0.3 is 4.98 Å². The fourth-order valence-corrected chi connectivity index (χ4v) is 2.20. The standard InChI is InChI=1S/C14H13N/c1-9-10(2)15-14-12(9)8-7-11-5-3-4-6-13(11)14/h3-8,15H,1-2H3. The topological polar surface area (TPSA) is 15.8 Å². The van der Waals surface area contributed by atoms with E-state index in [1.807, 2.05) is 0 Å². The summed E-state index contributed by atoms with van der Waals surface area (Å²) in [6.07, 6.45) is 0. The minimum absolute atomic E-state index is 1.27. The van der Waals surface area contributed by atoms with Crippen LogP contribution in [0.15, 0.2) is 36.4 Å². The largest absolute Gasteiger partial charge is 0.358 e. The van der Waals surface area contributed by atoms with Crippen LogP contribution in [0.5, 0.6) is 0 Å². The second-order valence-corrected chi connectivity index (χ2v) is 4.08. The van der Waals surface area contributed by atoms with Gasteiger partial charge in [0.1, 0.15) is 0 Å². The van der Waals surface area contributed by atoms with E-state index in [-0.39, 0.29) is 0 Å². The minimum atomic E-state index is 1.27. The third-order valence-electron chi connectivity index (χ3n) is 3.21. The molecule has 0 atom stereocenters. The van der Waals surface area contributed by atoms with E-state index >= 15 is 0 Å². The quantitative estimate of drug-likeness (QED) is 0.559. The van der Waals surface area contributed by atoms with Crippen molar-refractivity contribution in [1.82, 2.24) is 4.98 Å². The lowest BCUT2D eigenvalue weighted by Crippen LogP contribution is -1.74. The summed E-state index contributed by atoms with van der Waals surface area (Å²) in [6.45, 7) is 4.30. The lowest BCUT2D eigenvalue weighted by Gasteiger charge is -1.98. The molecule has 3 aromatic rings. The van der Waals surface area contributed by atoms with Crippen molar-refractivity contribution in [2.24, 2.45) is 0 Å². The SMILES string of the molecule is Cc1[nH]c2c(ccc3ccccc32)c1C. The zero-order valence-corrected chi connectivity index (χ0v) is 8.96. The average Bonchev–Trinajstić information content (AvgIpc) is 2.56. The van der Waals surface area contributed by atoms with Gasteiger partial charge in [-0.25, -0.2) is 0 Å². The van der Waals surface area contributed by atoms with Crippen molar-refractivity contribution in [3.63, 3.8) is 0 Å². The van der Waals surface area contributed by atoms with Crippen molar-refractivity contribution in [3.05, 3.63) is 47.7 Å². The van der Waals surface area contributed by atoms with E-state index in [0.717, 1.165) is 0 Å². The summed E-state index contributed by atoms with van der Waals surface area (Å²) in [5.41, 5.74) is 3.89. The van der Waals surface area contributed by atoms with Crippen molar-refractivity contribution in [2.75, 3.05) is 0 Å². The summed E-state index contributed by atoms with van der Waals surface area (Å²) in [5, 5.41) is 3.95. The Morgan fingerprint density at radius 2 is 1.67 bits per heavy atom. The fraction of sp³-hybridized carbons (Fsp3) is 0.143. The van der Waals surface area contributed by atoms with Gasteiger partial charge in [-0.15, -0.1) is 0 Å². The van der Waals surface area contributed by atoms with Crippen LogP contribution in [0.1, 0.15) is 11.3 Å². The first-order valence-electron chi connectivity index (χ1n) is 5.24. The number of hydrogen-bond acceptors (Lipinski definition) is 0. The molecule has 0 bridgehead atoms. The molecule has 0 fully saturated rings. The van der Waals surface area contributed by atoms with Crippen LogP contribution in [0.25, 0.3) is 21.7 Å². The first-order chi connectivity index (χ1) is 7.27. The van der Waals surface area contributed by atoms with Crippen molar-refractivity contribution >= 4 is 21.7 Å². The first-order valence-corrected chi connectivity index (χ1v) is 5.24. The zero-order chi connectivity index (χ0) is 10.4. The van der Waals surface area contributed by atoms with Crippen LogP contribution in [0.3, 0.4) is 0 Å². The summed E-state index contributed by atoms with van der Waals surface area (Å²) < 4.78 is 0. The Morgan fingerprint density at radius 3 is 2.53 bits per heavy atom. The monoisotopic (exact) mass is 195 g/mol. The van der Waals surface area contributed by atoms with Gasteiger partial charge in [0.2, 0.25) is 0 Å². The molecular formula is C14H13N. The predicted octanol–water partition coefficient (Wildman–Crippen LogP) is 3.94. The molecule has 74 valence electrons. The number of rotatable bonds is 0. The van der Waals surface area contributed by atoms with E-state index in [1.54, 1.807) is 0 Å². The molecule has 1 heterocycles. The predicted molar refractivity (Wildman–Crippen MR) is 65.3 cm³/mol. The molecule has 0 unspecified atom stereocenters. The molecular weight excluding hydrogens is 182 g/mol. The molecule has 0 spiro atoms.